The number of carbonyl (C=O) groups is 1. The minimum Gasteiger partial charge on any atom is -0.287 e. The highest BCUT2D eigenvalue weighted by atomic mass is 35.5. The van der Waals surface area contributed by atoms with Gasteiger partial charge in [-0.15, -0.1) is 0 Å². The van der Waals surface area contributed by atoms with Crippen LogP contribution < -0.4 is 0 Å². The summed E-state index contributed by atoms with van der Waals surface area (Å²) < 4.78 is 0. The maximum Gasteiger partial charge on any atom is 0.213 e. The van der Waals surface area contributed by atoms with Crippen molar-refractivity contribution >= 4 is 28.3 Å². The van der Waals surface area contributed by atoms with Gasteiger partial charge in [-0.1, -0.05) is 23.7 Å². The van der Waals surface area contributed by atoms with Crippen LogP contribution in [0.1, 0.15) is 21.6 Å². The molecule has 3 aromatic rings. The van der Waals surface area contributed by atoms with Crippen LogP contribution in [0.15, 0.2) is 42.5 Å². The van der Waals surface area contributed by atoms with Gasteiger partial charge in [-0.25, -0.2) is 0 Å². The number of hydrogen-bond donors (Lipinski definition) is 1. The molecule has 2 aromatic carbocycles. The summed E-state index contributed by atoms with van der Waals surface area (Å²) in [6.45, 7) is 2.00. The zero-order chi connectivity index (χ0) is 13.4. The van der Waals surface area contributed by atoms with E-state index in [0.29, 0.717) is 16.3 Å². The Morgan fingerprint density at radius 2 is 1.89 bits per heavy atom. The molecule has 0 radical (unpaired) electrons. The molecule has 0 fully saturated rings. The first-order valence-electron chi connectivity index (χ1n) is 5.90. The Hall–Kier alpha value is -2.13. The van der Waals surface area contributed by atoms with Gasteiger partial charge in [0.25, 0.3) is 0 Å². The summed E-state index contributed by atoms with van der Waals surface area (Å²) in [6, 6.07) is 12.7. The molecule has 0 saturated carbocycles. The number of hydrogen-bond acceptors (Lipinski definition) is 2. The largest absolute Gasteiger partial charge is 0.287 e. The van der Waals surface area contributed by atoms with Crippen LogP contribution in [0.3, 0.4) is 0 Å². The maximum atomic E-state index is 12.4. The SMILES string of the molecule is Cc1ccc2c(C(=O)c3ccc(Cl)cc3)n[nH]c2c1. The Morgan fingerprint density at radius 1 is 1.16 bits per heavy atom. The summed E-state index contributed by atoms with van der Waals surface area (Å²) in [5.74, 6) is -0.105. The smallest absolute Gasteiger partial charge is 0.213 e. The van der Waals surface area contributed by atoms with Crippen LogP contribution in [-0.4, -0.2) is 16.0 Å². The van der Waals surface area contributed by atoms with E-state index >= 15 is 0 Å². The van der Waals surface area contributed by atoms with Crippen molar-refractivity contribution < 1.29 is 4.79 Å². The minimum atomic E-state index is -0.105. The van der Waals surface area contributed by atoms with Gasteiger partial charge in [0.1, 0.15) is 5.69 Å². The standard InChI is InChI=1S/C15H11ClN2O/c1-9-2-7-12-13(8-9)17-18-14(12)15(19)10-3-5-11(16)6-4-10/h2-8H,1H3,(H,17,18). The first-order valence-corrected chi connectivity index (χ1v) is 6.28. The Morgan fingerprint density at radius 3 is 2.63 bits per heavy atom. The Balaban J connectivity index is 2.09. The molecule has 0 aliphatic rings. The van der Waals surface area contributed by atoms with E-state index in [1.54, 1.807) is 24.3 Å². The van der Waals surface area contributed by atoms with Gasteiger partial charge < -0.3 is 0 Å². The van der Waals surface area contributed by atoms with E-state index in [2.05, 4.69) is 10.2 Å². The van der Waals surface area contributed by atoms with Crippen molar-refractivity contribution in [2.45, 2.75) is 6.92 Å². The second-order valence-corrected chi connectivity index (χ2v) is 4.89. The molecule has 0 saturated heterocycles. The van der Waals surface area contributed by atoms with E-state index in [1.165, 1.54) is 0 Å². The third-order valence-electron chi connectivity index (χ3n) is 3.04. The molecule has 0 bridgehead atoms. The first kappa shape index (κ1) is 11.9. The molecule has 0 aliphatic carbocycles. The summed E-state index contributed by atoms with van der Waals surface area (Å²) in [5, 5.41) is 8.47. The van der Waals surface area contributed by atoms with Crippen molar-refractivity contribution in [3.05, 3.63) is 64.3 Å². The number of aryl methyl sites for hydroxylation is 1. The maximum absolute atomic E-state index is 12.4. The average Bonchev–Trinajstić information content (AvgIpc) is 2.81. The lowest BCUT2D eigenvalue weighted by Crippen LogP contribution is -2.02. The Kier molecular flexibility index (Phi) is 2.84. The number of nitrogens with one attached hydrogen (secondary N) is 1. The number of H-pyrrole nitrogens is 1. The Bertz CT molecular complexity index is 759. The monoisotopic (exact) mass is 270 g/mol. The van der Waals surface area contributed by atoms with Crippen LogP contribution in [-0.2, 0) is 0 Å². The van der Waals surface area contributed by atoms with Crippen molar-refractivity contribution in [2.24, 2.45) is 0 Å². The summed E-state index contributed by atoms with van der Waals surface area (Å²) >= 11 is 5.82. The fourth-order valence-electron chi connectivity index (χ4n) is 2.04. The number of benzene rings is 2. The van der Waals surface area contributed by atoms with E-state index in [1.807, 2.05) is 25.1 Å². The molecule has 0 atom stereocenters. The molecule has 0 aliphatic heterocycles. The molecule has 94 valence electrons. The summed E-state index contributed by atoms with van der Waals surface area (Å²) in [5.41, 5.74) is 3.02. The van der Waals surface area contributed by atoms with Gasteiger partial charge in [-0.2, -0.15) is 5.10 Å². The third-order valence-corrected chi connectivity index (χ3v) is 3.29. The lowest BCUT2D eigenvalue weighted by Gasteiger charge is -1.99. The van der Waals surface area contributed by atoms with Crippen LogP contribution in [0.25, 0.3) is 10.9 Å². The van der Waals surface area contributed by atoms with Crippen molar-refractivity contribution in [3.63, 3.8) is 0 Å². The summed E-state index contributed by atoms with van der Waals surface area (Å²) in [6.07, 6.45) is 0. The second-order valence-electron chi connectivity index (χ2n) is 4.46. The van der Waals surface area contributed by atoms with Gasteiger partial charge in [0.15, 0.2) is 0 Å². The fraction of sp³-hybridized carbons (Fsp3) is 0.0667. The number of carbonyl (C=O) groups excluding carboxylic acids is 1. The van der Waals surface area contributed by atoms with Gasteiger partial charge in [-0.05, 0) is 42.8 Å². The molecule has 1 aromatic heterocycles. The lowest BCUT2D eigenvalue weighted by atomic mass is 10.0. The van der Waals surface area contributed by atoms with Gasteiger partial charge in [0.2, 0.25) is 5.78 Å². The predicted molar refractivity (Wildman–Crippen MR) is 75.7 cm³/mol. The molecule has 1 heterocycles. The molecule has 4 heteroatoms. The molecule has 3 rings (SSSR count). The quantitative estimate of drug-likeness (QED) is 0.721. The van der Waals surface area contributed by atoms with Gasteiger partial charge >= 0.3 is 0 Å². The number of ketones is 1. The van der Waals surface area contributed by atoms with E-state index in [9.17, 15) is 4.79 Å². The molecule has 19 heavy (non-hydrogen) atoms. The van der Waals surface area contributed by atoms with Crippen LogP contribution >= 0.6 is 11.6 Å². The molecular formula is C15H11ClN2O. The number of nitrogens with zero attached hydrogens (tertiary/aromatic N) is 1. The third kappa shape index (κ3) is 2.13. The number of halogens is 1. The van der Waals surface area contributed by atoms with Crippen LogP contribution in [0.5, 0.6) is 0 Å². The summed E-state index contributed by atoms with van der Waals surface area (Å²) in [7, 11) is 0. The number of rotatable bonds is 2. The van der Waals surface area contributed by atoms with Crippen molar-refractivity contribution in [1.82, 2.24) is 10.2 Å². The highest BCUT2D eigenvalue weighted by Crippen LogP contribution is 2.20. The van der Waals surface area contributed by atoms with Gasteiger partial charge in [-0.3, -0.25) is 9.89 Å². The van der Waals surface area contributed by atoms with Crippen LogP contribution in [0, 0.1) is 6.92 Å². The molecule has 0 amide bonds. The second kappa shape index (κ2) is 4.52. The highest BCUT2D eigenvalue weighted by molar-refractivity contribution is 6.30. The van der Waals surface area contributed by atoms with E-state index in [0.717, 1.165) is 16.5 Å². The van der Waals surface area contributed by atoms with Crippen LogP contribution in [0.2, 0.25) is 5.02 Å². The number of aromatic nitrogens is 2. The fourth-order valence-corrected chi connectivity index (χ4v) is 2.17. The van der Waals surface area contributed by atoms with E-state index in [-0.39, 0.29) is 5.78 Å². The zero-order valence-corrected chi connectivity index (χ0v) is 11.0. The Labute approximate surface area is 115 Å². The van der Waals surface area contributed by atoms with Gasteiger partial charge in [0, 0.05) is 16.0 Å². The molecule has 0 unspecified atom stereocenters. The zero-order valence-electron chi connectivity index (χ0n) is 10.3. The molecule has 1 N–H and O–H groups in total. The predicted octanol–water partition coefficient (Wildman–Crippen LogP) is 3.76. The molecular weight excluding hydrogens is 260 g/mol. The number of fused-ring (bicyclic) bond motifs is 1. The molecule has 3 nitrogen and oxygen atoms in total. The summed E-state index contributed by atoms with van der Waals surface area (Å²) in [4.78, 5) is 12.4. The van der Waals surface area contributed by atoms with Crippen molar-refractivity contribution in [3.8, 4) is 0 Å². The van der Waals surface area contributed by atoms with Crippen LogP contribution in [0.4, 0.5) is 0 Å². The van der Waals surface area contributed by atoms with E-state index < -0.39 is 0 Å². The average molecular weight is 271 g/mol. The highest BCUT2D eigenvalue weighted by Gasteiger charge is 2.15. The normalized spacial score (nSPS) is 10.8. The lowest BCUT2D eigenvalue weighted by molar-refractivity contribution is 0.103. The topological polar surface area (TPSA) is 45.8 Å². The van der Waals surface area contributed by atoms with Gasteiger partial charge in [0.05, 0.1) is 5.52 Å². The van der Waals surface area contributed by atoms with E-state index in [4.69, 9.17) is 11.6 Å². The van der Waals surface area contributed by atoms with Crippen molar-refractivity contribution in [1.29, 1.82) is 0 Å². The van der Waals surface area contributed by atoms with Crippen molar-refractivity contribution in [2.75, 3.05) is 0 Å². The number of aromatic amines is 1. The molecule has 0 spiro atoms. The first-order chi connectivity index (χ1) is 9.15. The minimum absolute atomic E-state index is 0.105.